The number of nitrogens with zero attached hydrogens (tertiary/aromatic N) is 2. The van der Waals surface area contributed by atoms with Crippen molar-refractivity contribution in [2.45, 2.75) is 59.3 Å². The van der Waals surface area contributed by atoms with Gasteiger partial charge in [-0.1, -0.05) is 0 Å². The number of fused-ring (bicyclic) bond motifs is 1. The summed E-state index contributed by atoms with van der Waals surface area (Å²) in [6, 6.07) is 3.75. The smallest absolute Gasteiger partial charge is 0.341 e. The molecule has 0 fully saturated rings. The molecule has 0 saturated carbocycles. The van der Waals surface area contributed by atoms with Crippen molar-refractivity contribution in [3.8, 4) is 0 Å². The highest BCUT2D eigenvalue weighted by Crippen LogP contribution is 2.31. The lowest BCUT2D eigenvalue weighted by atomic mass is 10.1. The highest BCUT2D eigenvalue weighted by Gasteiger charge is 2.28. The molecular weight excluding hydrogens is 332 g/mol. The van der Waals surface area contributed by atoms with Crippen molar-refractivity contribution in [1.29, 1.82) is 0 Å². The minimum atomic E-state index is -0.553. The van der Waals surface area contributed by atoms with Gasteiger partial charge >= 0.3 is 5.97 Å². The van der Waals surface area contributed by atoms with E-state index in [4.69, 9.17) is 14.2 Å². The van der Waals surface area contributed by atoms with Gasteiger partial charge in [-0.05, 0) is 53.7 Å². The third kappa shape index (κ3) is 4.43. The molecule has 0 bridgehead atoms. The van der Waals surface area contributed by atoms with E-state index in [0.29, 0.717) is 18.8 Å². The number of carbonyl (C=O) groups excluding carboxylic acids is 1. The Morgan fingerprint density at radius 2 is 1.96 bits per heavy atom. The highest BCUT2D eigenvalue weighted by atomic mass is 16.6. The van der Waals surface area contributed by atoms with Crippen molar-refractivity contribution in [2.24, 2.45) is 0 Å². The first-order valence-electron chi connectivity index (χ1n) is 8.96. The zero-order valence-corrected chi connectivity index (χ0v) is 16.8. The molecule has 0 aliphatic heterocycles. The van der Waals surface area contributed by atoms with Gasteiger partial charge in [0.15, 0.2) is 0 Å². The first kappa shape index (κ1) is 20.4. The molecule has 0 aliphatic carbocycles. The van der Waals surface area contributed by atoms with Gasteiger partial charge in [0.25, 0.3) is 0 Å². The topological polar surface area (TPSA) is 62.6 Å². The Kier molecular flexibility index (Phi) is 6.42. The van der Waals surface area contributed by atoms with Crippen LogP contribution in [0.3, 0.4) is 0 Å². The Balaban J connectivity index is 2.44. The van der Waals surface area contributed by atoms with Crippen molar-refractivity contribution in [3.05, 3.63) is 29.6 Å². The maximum atomic E-state index is 12.8. The number of hydrogen-bond donors (Lipinski definition) is 0. The van der Waals surface area contributed by atoms with Gasteiger partial charge in [-0.2, -0.15) is 0 Å². The lowest BCUT2D eigenvalue weighted by Gasteiger charge is -2.24. The number of pyridine rings is 1. The van der Waals surface area contributed by atoms with Gasteiger partial charge in [0.2, 0.25) is 0 Å². The van der Waals surface area contributed by atoms with E-state index in [1.165, 1.54) is 0 Å². The van der Waals surface area contributed by atoms with E-state index in [-0.39, 0.29) is 18.1 Å². The predicted octanol–water partition coefficient (Wildman–Crippen LogP) is 3.91. The molecule has 0 spiro atoms. The van der Waals surface area contributed by atoms with Crippen LogP contribution < -0.4 is 0 Å². The Labute approximate surface area is 155 Å². The van der Waals surface area contributed by atoms with Gasteiger partial charge in [-0.3, -0.25) is 0 Å². The second kappa shape index (κ2) is 8.18. The van der Waals surface area contributed by atoms with Crippen molar-refractivity contribution >= 4 is 17.0 Å². The molecule has 6 nitrogen and oxygen atoms in total. The third-order valence-electron chi connectivity index (χ3n) is 4.37. The average molecular weight is 362 g/mol. The molecule has 0 N–H and O–H groups in total. The van der Waals surface area contributed by atoms with E-state index in [1.807, 2.05) is 46.8 Å². The first-order chi connectivity index (χ1) is 12.2. The minimum Gasteiger partial charge on any atom is -0.456 e. The fraction of sp³-hybridized carbons (Fsp3) is 0.600. The molecule has 0 amide bonds. The van der Waals surface area contributed by atoms with Gasteiger partial charge in [-0.15, -0.1) is 0 Å². The molecule has 0 saturated heterocycles. The Morgan fingerprint density at radius 3 is 2.58 bits per heavy atom. The number of methoxy groups -OCH3 is 1. The Morgan fingerprint density at radius 1 is 1.27 bits per heavy atom. The average Bonchev–Trinajstić information content (AvgIpc) is 2.84. The highest BCUT2D eigenvalue weighted by molar-refractivity contribution is 6.05. The van der Waals surface area contributed by atoms with Gasteiger partial charge in [0.1, 0.15) is 11.2 Å². The number of aromatic nitrogens is 2. The van der Waals surface area contributed by atoms with E-state index in [1.54, 1.807) is 13.3 Å². The SMILES string of the molecule is COCCOC(C)C(C)n1c(C)c(C(=O)OC(C)(C)C)c2cccnc21. The number of rotatable bonds is 7. The molecule has 0 aliphatic rings. The second-order valence-corrected chi connectivity index (χ2v) is 7.52. The molecule has 2 atom stereocenters. The molecular formula is C20H30N2O4. The fourth-order valence-corrected chi connectivity index (χ4v) is 3.01. The van der Waals surface area contributed by atoms with Gasteiger partial charge in [0.05, 0.1) is 30.9 Å². The number of carbonyl (C=O) groups is 1. The van der Waals surface area contributed by atoms with Crippen LogP contribution in [0.1, 0.15) is 56.7 Å². The summed E-state index contributed by atoms with van der Waals surface area (Å²) in [4.78, 5) is 17.3. The lowest BCUT2D eigenvalue weighted by molar-refractivity contribution is 0.00343. The molecule has 26 heavy (non-hydrogen) atoms. The molecule has 6 heteroatoms. The third-order valence-corrected chi connectivity index (χ3v) is 4.37. The van der Waals surface area contributed by atoms with Crippen LogP contribution in [0.4, 0.5) is 0 Å². The van der Waals surface area contributed by atoms with E-state index in [9.17, 15) is 4.79 Å². The van der Waals surface area contributed by atoms with E-state index >= 15 is 0 Å². The number of ether oxygens (including phenoxy) is 3. The van der Waals surface area contributed by atoms with E-state index in [0.717, 1.165) is 16.7 Å². The Hall–Kier alpha value is -1.92. The van der Waals surface area contributed by atoms with Gasteiger partial charge < -0.3 is 18.8 Å². The van der Waals surface area contributed by atoms with Crippen molar-refractivity contribution in [2.75, 3.05) is 20.3 Å². The lowest BCUT2D eigenvalue weighted by Crippen LogP contribution is -2.26. The van der Waals surface area contributed by atoms with Crippen LogP contribution in [0.5, 0.6) is 0 Å². The summed E-state index contributed by atoms with van der Waals surface area (Å²) >= 11 is 0. The fourth-order valence-electron chi connectivity index (χ4n) is 3.01. The zero-order valence-electron chi connectivity index (χ0n) is 16.8. The second-order valence-electron chi connectivity index (χ2n) is 7.52. The van der Waals surface area contributed by atoms with E-state index < -0.39 is 5.60 Å². The molecule has 0 aromatic carbocycles. The summed E-state index contributed by atoms with van der Waals surface area (Å²) in [6.07, 6.45) is 1.67. The summed E-state index contributed by atoms with van der Waals surface area (Å²) in [5, 5.41) is 0.801. The monoisotopic (exact) mass is 362 g/mol. The maximum Gasteiger partial charge on any atom is 0.341 e. The molecule has 2 aromatic heterocycles. The van der Waals surface area contributed by atoms with Crippen LogP contribution in [0.2, 0.25) is 0 Å². The van der Waals surface area contributed by atoms with Crippen LogP contribution in [-0.4, -0.2) is 47.5 Å². The minimum absolute atomic E-state index is 0.000410. The van der Waals surface area contributed by atoms with Crippen LogP contribution in [0.15, 0.2) is 18.3 Å². The summed E-state index contributed by atoms with van der Waals surface area (Å²) in [5.74, 6) is -0.327. The molecule has 2 aromatic rings. The van der Waals surface area contributed by atoms with Crippen LogP contribution >= 0.6 is 0 Å². The normalized spacial score (nSPS) is 14.4. The first-order valence-corrected chi connectivity index (χ1v) is 8.96. The molecule has 2 unspecified atom stereocenters. The molecule has 2 heterocycles. The summed E-state index contributed by atoms with van der Waals surface area (Å²) in [5.41, 5.74) is 1.62. The number of esters is 1. The molecule has 144 valence electrons. The quantitative estimate of drug-likeness (QED) is 0.552. The van der Waals surface area contributed by atoms with Gasteiger partial charge in [0, 0.05) is 24.4 Å². The van der Waals surface area contributed by atoms with Crippen LogP contribution in [0, 0.1) is 6.92 Å². The standard InChI is InChI=1S/C20H30N2O4/c1-13(15(3)25-12-11-24-7)22-14(2)17(19(23)26-20(4,5)6)16-9-8-10-21-18(16)22/h8-10,13,15H,11-12H2,1-7H3. The van der Waals surface area contributed by atoms with Crippen molar-refractivity contribution in [1.82, 2.24) is 9.55 Å². The summed E-state index contributed by atoms with van der Waals surface area (Å²) in [7, 11) is 1.65. The summed E-state index contributed by atoms with van der Waals surface area (Å²) < 4.78 is 18.6. The van der Waals surface area contributed by atoms with E-state index in [2.05, 4.69) is 16.5 Å². The number of hydrogen-bond acceptors (Lipinski definition) is 5. The van der Waals surface area contributed by atoms with Gasteiger partial charge in [-0.25, -0.2) is 9.78 Å². The van der Waals surface area contributed by atoms with Crippen LogP contribution in [0.25, 0.3) is 11.0 Å². The predicted molar refractivity (Wildman–Crippen MR) is 102 cm³/mol. The Bertz CT molecular complexity index is 761. The molecule has 0 radical (unpaired) electrons. The van der Waals surface area contributed by atoms with Crippen molar-refractivity contribution < 1.29 is 19.0 Å². The van der Waals surface area contributed by atoms with Crippen molar-refractivity contribution in [3.63, 3.8) is 0 Å². The van der Waals surface area contributed by atoms with Crippen LogP contribution in [-0.2, 0) is 14.2 Å². The summed E-state index contributed by atoms with van der Waals surface area (Å²) in [6.45, 7) is 12.7. The molecule has 2 rings (SSSR count). The maximum absolute atomic E-state index is 12.8. The largest absolute Gasteiger partial charge is 0.456 e. The zero-order chi connectivity index (χ0) is 19.5.